The molecule has 1 unspecified atom stereocenters. The molecule has 148 valence electrons. The lowest BCUT2D eigenvalue weighted by molar-refractivity contribution is -0.140. The van der Waals surface area contributed by atoms with Crippen molar-refractivity contribution in [1.29, 1.82) is 0 Å². The van der Waals surface area contributed by atoms with Crippen molar-refractivity contribution in [3.63, 3.8) is 0 Å². The summed E-state index contributed by atoms with van der Waals surface area (Å²) >= 11 is 1.10. The normalized spacial score (nSPS) is 21.0. The van der Waals surface area contributed by atoms with Crippen molar-refractivity contribution in [2.45, 2.75) is 25.1 Å². The van der Waals surface area contributed by atoms with E-state index in [2.05, 4.69) is 14.9 Å². The number of thiazole rings is 1. The van der Waals surface area contributed by atoms with E-state index in [0.717, 1.165) is 37.3 Å². The number of hydrogen-bond acceptors (Lipinski definition) is 5. The zero-order valence-electron chi connectivity index (χ0n) is 14.6. The number of pyridine rings is 1. The van der Waals surface area contributed by atoms with Crippen LogP contribution in [0, 0.1) is 11.6 Å². The molecule has 1 atom stereocenters. The van der Waals surface area contributed by atoms with Crippen LogP contribution in [-0.4, -0.2) is 47.1 Å². The summed E-state index contributed by atoms with van der Waals surface area (Å²) in [7, 11) is 0. The maximum Gasteiger partial charge on any atom is 0.419 e. The third-order valence-electron chi connectivity index (χ3n) is 5.61. The van der Waals surface area contributed by atoms with Gasteiger partial charge in [-0.15, -0.1) is 11.3 Å². The van der Waals surface area contributed by atoms with Crippen molar-refractivity contribution < 1.29 is 22.0 Å². The number of hydrogen-bond donors (Lipinski definition) is 0. The molecule has 2 fully saturated rings. The molecule has 4 heterocycles. The summed E-state index contributed by atoms with van der Waals surface area (Å²) in [5, 5.41) is -0.0630. The van der Waals surface area contributed by atoms with E-state index < -0.39 is 23.4 Å². The molecule has 3 aromatic rings. The number of piperazine rings is 1. The fraction of sp³-hybridized carbons (Fsp3) is 0.444. The molecule has 0 amide bonds. The van der Waals surface area contributed by atoms with Crippen molar-refractivity contribution in [2.24, 2.45) is 0 Å². The Labute approximate surface area is 160 Å². The lowest BCUT2D eigenvalue weighted by Gasteiger charge is -2.38. The van der Waals surface area contributed by atoms with Gasteiger partial charge in [-0.1, -0.05) is 0 Å². The predicted molar refractivity (Wildman–Crippen MR) is 96.6 cm³/mol. The van der Waals surface area contributed by atoms with Crippen LogP contribution in [-0.2, 0) is 6.18 Å². The fourth-order valence-electron chi connectivity index (χ4n) is 4.26. The molecule has 5 rings (SSSR count). The molecular weight excluding hydrogens is 399 g/mol. The van der Waals surface area contributed by atoms with Crippen LogP contribution in [0.4, 0.5) is 27.8 Å². The second-order valence-electron chi connectivity index (χ2n) is 7.19. The Morgan fingerprint density at radius 1 is 1.07 bits per heavy atom. The van der Waals surface area contributed by atoms with E-state index in [1.807, 2.05) is 4.90 Å². The largest absolute Gasteiger partial charge is 0.419 e. The third-order valence-corrected chi connectivity index (χ3v) is 6.47. The Kier molecular flexibility index (Phi) is 3.99. The standard InChI is InChI=1S/C18H15F5N4S/c19-12-11(18(21,22)23)6-10-14(13(12)20)25-17(15-16(10)28-8-24-15)27-5-4-26-3-1-2-9(26)7-27/h6,8-9H,1-5,7H2. The van der Waals surface area contributed by atoms with Crippen LogP contribution in [0.3, 0.4) is 0 Å². The second-order valence-corrected chi connectivity index (χ2v) is 8.04. The quantitative estimate of drug-likeness (QED) is 0.552. The average Bonchev–Trinajstić information content (AvgIpc) is 3.31. The first kappa shape index (κ1) is 18.0. The van der Waals surface area contributed by atoms with Gasteiger partial charge in [0.1, 0.15) is 11.0 Å². The zero-order chi connectivity index (χ0) is 19.6. The van der Waals surface area contributed by atoms with Crippen molar-refractivity contribution in [3.8, 4) is 0 Å². The summed E-state index contributed by atoms with van der Waals surface area (Å²) in [4.78, 5) is 12.9. The lowest BCUT2D eigenvalue weighted by Crippen LogP contribution is -2.50. The highest BCUT2D eigenvalue weighted by Gasteiger charge is 2.38. The molecule has 2 aliphatic rings. The highest BCUT2D eigenvalue weighted by Crippen LogP contribution is 2.40. The van der Waals surface area contributed by atoms with E-state index >= 15 is 0 Å². The number of fused-ring (bicyclic) bond motifs is 4. The van der Waals surface area contributed by atoms with Crippen LogP contribution in [0.2, 0.25) is 0 Å². The average molecular weight is 414 g/mol. The van der Waals surface area contributed by atoms with E-state index in [1.54, 1.807) is 0 Å². The predicted octanol–water partition coefficient (Wildman–Crippen LogP) is 4.43. The van der Waals surface area contributed by atoms with Gasteiger partial charge < -0.3 is 4.90 Å². The number of benzene rings is 1. The minimum atomic E-state index is -4.99. The summed E-state index contributed by atoms with van der Waals surface area (Å²) in [6.07, 6.45) is -2.81. The molecule has 2 aliphatic heterocycles. The van der Waals surface area contributed by atoms with Gasteiger partial charge in [0.25, 0.3) is 0 Å². The Balaban J connectivity index is 1.71. The zero-order valence-corrected chi connectivity index (χ0v) is 15.4. The van der Waals surface area contributed by atoms with Gasteiger partial charge in [0.2, 0.25) is 0 Å². The van der Waals surface area contributed by atoms with E-state index in [-0.39, 0.29) is 10.9 Å². The topological polar surface area (TPSA) is 32.3 Å². The molecule has 0 aliphatic carbocycles. The molecule has 0 spiro atoms. The summed E-state index contributed by atoms with van der Waals surface area (Å²) in [6.45, 7) is 3.23. The Morgan fingerprint density at radius 2 is 1.89 bits per heavy atom. The van der Waals surface area contributed by atoms with Crippen LogP contribution in [0.25, 0.3) is 21.1 Å². The van der Waals surface area contributed by atoms with Crippen molar-refractivity contribution in [1.82, 2.24) is 14.9 Å². The number of rotatable bonds is 1. The Bertz CT molecular complexity index is 1080. The fourth-order valence-corrected chi connectivity index (χ4v) is 5.07. The van der Waals surface area contributed by atoms with Crippen LogP contribution in [0.1, 0.15) is 18.4 Å². The molecule has 1 aromatic carbocycles. The maximum atomic E-state index is 14.6. The number of alkyl halides is 3. The highest BCUT2D eigenvalue weighted by molar-refractivity contribution is 7.17. The first-order chi connectivity index (χ1) is 13.3. The number of anilines is 1. The molecule has 0 bridgehead atoms. The van der Waals surface area contributed by atoms with Gasteiger partial charge in [-0.25, -0.2) is 18.7 Å². The molecule has 28 heavy (non-hydrogen) atoms. The van der Waals surface area contributed by atoms with Gasteiger partial charge in [0, 0.05) is 31.1 Å². The van der Waals surface area contributed by atoms with E-state index in [4.69, 9.17) is 0 Å². The SMILES string of the molecule is Fc1c(C(F)(F)F)cc2c(nc(N3CCN4CCCC4C3)c3ncsc32)c1F. The van der Waals surface area contributed by atoms with Gasteiger partial charge in [0.05, 0.1) is 15.8 Å². The maximum absolute atomic E-state index is 14.6. The first-order valence-corrected chi connectivity index (χ1v) is 9.83. The summed E-state index contributed by atoms with van der Waals surface area (Å²) in [5.41, 5.74) is -0.0779. The molecule has 10 heteroatoms. The molecule has 2 aromatic heterocycles. The number of halogens is 5. The van der Waals surface area contributed by atoms with Crippen LogP contribution in [0.5, 0.6) is 0 Å². The molecular formula is C18H15F5N4S. The molecule has 4 nitrogen and oxygen atoms in total. The van der Waals surface area contributed by atoms with Crippen molar-refractivity contribution in [3.05, 3.63) is 28.8 Å². The van der Waals surface area contributed by atoms with Gasteiger partial charge >= 0.3 is 6.18 Å². The van der Waals surface area contributed by atoms with Crippen LogP contribution < -0.4 is 4.90 Å². The minimum Gasteiger partial charge on any atom is -0.352 e. The second kappa shape index (κ2) is 6.21. The molecule has 0 saturated carbocycles. The summed E-state index contributed by atoms with van der Waals surface area (Å²) in [6, 6.07) is 1.01. The smallest absolute Gasteiger partial charge is 0.352 e. The third kappa shape index (κ3) is 2.65. The van der Waals surface area contributed by atoms with Gasteiger partial charge in [0.15, 0.2) is 17.5 Å². The highest BCUT2D eigenvalue weighted by atomic mass is 32.1. The van der Waals surface area contributed by atoms with Crippen LogP contribution in [0.15, 0.2) is 11.6 Å². The van der Waals surface area contributed by atoms with E-state index in [1.165, 1.54) is 5.51 Å². The molecule has 0 radical (unpaired) electrons. The van der Waals surface area contributed by atoms with Crippen LogP contribution >= 0.6 is 11.3 Å². The van der Waals surface area contributed by atoms with Gasteiger partial charge in [-0.2, -0.15) is 13.2 Å². The Morgan fingerprint density at radius 3 is 2.68 bits per heavy atom. The number of aromatic nitrogens is 2. The van der Waals surface area contributed by atoms with E-state index in [0.29, 0.717) is 41.2 Å². The first-order valence-electron chi connectivity index (χ1n) is 8.95. The van der Waals surface area contributed by atoms with Gasteiger partial charge in [-0.05, 0) is 25.5 Å². The number of nitrogens with zero attached hydrogens (tertiary/aromatic N) is 4. The van der Waals surface area contributed by atoms with E-state index in [9.17, 15) is 22.0 Å². The van der Waals surface area contributed by atoms with Crippen molar-refractivity contribution >= 4 is 38.3 Å². The lowest BCUT2D eigenvalue weighted by atomic mass is 10.1. The van der Waals surface area contributed by atoms with Gasteiger partial charge in [-0.3, -0.25) is 4.90 Å². The monoisotopic (exact) mass is 414 g/mol. The minimum absolute atomic E-state index is 0.0630. The summed E-state index contributed by atoms with van der Waals surface area (Å²) in [5.74, 6) is -3.07. The molecule has 2 saturated heterocycles. The summed E-state index contributed by atoms with van der Waals surface area (Å²) < 4.78 is 68.5. The Hall–Kier alpha value is -2.07. The van der Waals surface area contributed by atoms with Crippen molar-refractivity contribution in [2.75, 3.05) is 31.1 Å². The molecule has 0 N–H and O–H groups in total.